The van der Waals surface area contributed by atoms with Gasteiger partial charge in [0.1, 0.15) is 0 Å². The molecule has 10 heteroatoms. The second-order valence-corrected chi connectivity index (χ2v) is 7.82. The first-order valence-corrected chi connectivity index (χ1v) is 9.71. The van der Waals surface area contributed by atoms with Gasteiger partial charge in [-0.15, -0.1) is 0 Å². The number of hydrogen-bond donors (Lipinski definition) is 1. The highest BCUT2D eigenvalue weighted by molar-refractivity contribution is 7.92. The molecule has 0 fully saturated rings. The van der Waals surface area contributed by atoms with E-state index in [4.69, 9.17) is 0 Å². The lowest BCUT2D eigenvalue weighted by Crippen LogP contribution is -2.15. The molecule has 0 bridgehead atoms. The van der Waals surface area contributed by atoms with Gasteiger partial charge in [-0.3, -0.25) is 4.72 Å². The summed E-state index contributed by atoms with van der Waals surface area (Å²) in [5.74, 6) is -0.232. The number of halogens is 3. The maximum absolute atomic E-state index is 12.7. The molecule has 26 heavy (non-hydrogen) atoms. The number of nitrogens with one attached hydrogen (secondary N) is 1. The maximum atomic E-state index is 12.7. The topological polar surface area (TPSA) is 72.0 Å². The summed E-state index contributed by atoms with van der Waals surface area (Å²) >= 11 is 0.858. The second kappa shape index (κ2) is 7.04. The number of rotatable bonds is 5. The van der Waals surface area contributed by atoms with Gasteiger partial charge in [0.15, 0.2) is 5.82 Å². The van der Waals surface area contributed by atoms with Crippen molar-refractivity contribution in [2.75, 3.05) is 4.72 Å². The van der Waals surface area contributed by atoms with Gasteiger partial charge >= 0.3 is 6.18 Å². The van der Waals surface area contributed by atoms with Crippen molar-refractivity contribution >= 4 is 26.7 Å². The molecule has 5 nitrogen and oxygen atoms in total. The predicted molar refractivity (Wildman–Crippen MR) is 93.0 cm³/mol. The zero-order valence-electron chi connectivity index (χ0n) is 13.1. The molecule has 0 atom stereocenters. The largest absolute Gasteiger partial charge is 0.416 e. The molecule has 1 heterocycles. The summed E-state index contributed by atoms with van der Waals surface area (Å²) in [7, 11) is -3.93. The summed E-state index contributed by atoms with van der Waals surface area (Å²) in [6.45, 7) is 0. The van der Waals surface area contributed by atoms with Gasteiger partial charge in [-0.1, -0.05) is 48.5 Å². The van der Waals surface area contributed by atoms with Crippen molar-refractivity contribution in [2.45, 2.75) is 11.9 Å². The fourth-order valence-corrected chi connectivity index (χ4v) is 4.17. The first-order chi connectivity index (χ1) is 12.2. The third kappa shape index (κ3) is 4.58. The van der Waals surface area contributed by atoms with Crippen molar-refractivity contribution < 1.29 is 21.6 Å². The summed E-state index contributed by atoms with van der Waals surface area (Å²) in [6.07, 6.45) is -4.53. The minimum atomic E-state index is -4.53. The van der Waals surface area contributed by atoms with Crippen LogP contribution in [0.2, 0.25) is 0 Å². The predicted octanol–water partition coefficient (Wildman–Crippen LogP) is 4.17. The molecular formula is C16H12F3N3O2S2. The van der Waals surface area contributed by atoms with Crippen LogP contribution in [0.3, 0.4) is 0 Å². The third-order valence-corrected chi connectivity index (χ3v) is 5.29. The number of hydrogen-bond acceptors (Lipinski definition) is 5. The van der Waals surface area contributed by atoms with E-state index in [1.165, 1.54) is 12.1 Å². The normalized spacial score (nSPS) is 12.1. The maximum Gasteiger partial charge on any atom is 0.416 e. The van der Waals surface area contributed by atoms with Gasteiger partial charge in [0.25, 0.3) is 0 Å². The third-order valence-electron chi connectivity index (χ3n) is 3.31. The van der Waals surface area contributed by atoms with E-state index in [0.29, 0.717) is 5.82 Å². The van der Waals surface area contributed by atoms with Gasteiger partial charge in [-0.05, 0) is 11.6 Å². The van der Waals surface area contributed by atoms with Gasteiger partial charge in [-0.25, -0.2) is 8.42 Å². The highest BCUT2D eigenvalue weighted by Gasteiger charge is 2.30. The standard InChI is InChI=1S/C16H12F3N3O2S2/c17-16(18,19)13-8-4-5-11(9-13)10-26(23,24)22-15-20-14(21-25-15)12-6-2-1-3-7-12/h1-9H,10H2,(H,20,21,22). The Morgan fingerprint density at radius 1 is 1.04 bits per heavy atom. The smallest absolute Gasteiger partial charge is 0.257 e. The van der Waals surface area contributed by atoms with Crippen LogP contribution in [-0.2, 0) is 22.0 Å². The quantitative estimate of drug-likeness (QED) is 0.699. The fourth-order valence-electron chi connectivity index (χ4n) is 2.20. The molecule has 3 rings (SSSR count). The van der Waals surface area contributed by atoms with Crippen LogP contribution in [0, 0.1) is 0 Å². The molecule has 136 valence electrons. The van der Waals surface area contributed by atoms with E-state index in [1.807, 2.05) is 6.07 Å². The van der Waals surface area contributed by atoms with Crippen molar-refractivity contribution in [1.82, 2.24) is 9.36 Å². The van der Waals surface area contributed by atoms with Gasteiger partial charge in [-0.2, -0.15) is 22.5 Å². The lowest BCUT2D eigenvalue weighted by atomic mass is 10.1. The Balaban J connectivity index is 1.75. The number of benzene rings is 2. The Morgan fingerprint density at radius 2 is 1.77 bits per heavy atom. The fraction of sp³-hybridized carbons (Fsp3) is 0.125. The minimum Gasteiger partial charge on any atom is -0.257 e. The molecule has 0 saturated carbocycles. The molecule has 1 aromatic heterocycles. The van der Waals surface area contributed by atoms with E-state index in [2.05, 4.69) is 14.1 Å². The van der Waals surface area contributed by atoms with Gasteiger partial charge < -0.3 is 0 Å². The highest BCUT2D eigenvalue weighted by Crippen LogP contribution is 2.30. The van der Waals surface area contributed by atoms with Crippen LogP contribution in [-0.4, -0.2) is 17.8 Å². The van der Waals surface area contributed by atoms with Crippen LogP contribution in [0.5, 0.6) is 0 Å². The van der Waals surface area contributed by atoms with Crippen molar-refractivity contribution in [2.24, 2.45) is 0 Å². The molecule has 0 radical (unpaired) electrons. The highest BCUT2D eigenvalue weighted by atomic mass is 32.2. The molecule has 0 aliphatic rings. The number of alkyl halides is 3. The van der Waals surface area contributed by atoms with Crippen molar-refractivity contribution in [3.05, 3.63) is 65.7 Å². The average Bonchev–Trinajstić information content (AvgIpc) is 3.02. The monoisotopic (exact) mass is 399 g/mol. The molecule has 1 N–H and O–H groups in total. The van der Waals surface area contributed by atoms with E-state index in [9.17, 15) is 21.6 Å². The molecule has 2 aromatic carbocycles. The first-order valence-electron chi connectivity index (χ1n) is 7.29. The molecular weight excluding hydrogens is 387 g/mol. The summed E-state index contributed by atoms with van der Waals surface area (Å²) in [4.78, 5) is 4.10. The number of sulfonamides is 1. The Labute approximate surface area is 151 Å². The van der Waals surface area contributed by atoms with Crippen molar-refractivity contribution in [3.8, 4) is 11.4 Å². The van der Waals surface area contributed by atoms with E-state index < -0.39 is 27.5 Å². The van der Waals surface area contributed by atoms with Gasteiger partial charge in [0, 0.05) is 17.1 Å². The van der Waals surface area contributed by atoms with Crippen molar-refractivity contribution in [1.29, 1.82) is 0 Å². The molecule has 0 aliphatic heterocycles. The molecule has 0 spiro atoms. The molecule has 0 saturated heterocycles. The van der Waals surface area contributed by atoms with Crippen LogP contribution in [0.4, 0.5) is 18.3 Å². The number of anilines is 1. The zero-order chi connectivity index (χ0) is 18.8. The molecule has 0 aliphatic carbocycles. The lowest BCUT2D eigenvalue weighted by Gasteiger charge is -2.09. The van der Waals surface area contributed by atoms with Crippen LogP contribution in [0.1, 0.15) is 11.1 Å². The average molecular weight is 399 g/mol. The van der Waals surface area contributed by atoms with Crippen LogP contribution >= 0.6 is 11.5 Å². The summed E-state index contributed by atoms with van der Waals surface area (Å²) < 4.78 is 69.0. The Hall–Kier alpha value is -2.46. The molecule has 3 aromatic rings. The molecule has 0 amide bonds. The van der Waals surface area contributed by atoms with E-state index >= 15 is 0 Å². The van der Waals surface area contributed by atoms with Crippen LogP contribution in [0.15, 0.2) is 54.6 Å². The van der Waals surface area contributed by atoms with E-state index in [0.717, 1.165) is 29.2 Å². The summed E-state index contributed by atoms with van der Waals surface area (Å²) in [5, 5.41) is 0.0517. The Kier molecular flexibility index (Phi) is 4.97. The van der Waals surface area contributed by atoms with Crippen LogP contribution in [0.25, 0.3) is 11.4 Å². The number of aromatic nitrogens is 2. The molecule has 0 unspecified atom stereocenters. The van der Waals surface area contributed by atoms with Crippen LogP contribution < -0.4 is 4.72 Å². The lowest BCUT2D eigenvalue weighted by molar-refractivity contribution is -0.137. The van der Waals surface area contributed by atoms with E-state index in [-0.39, 0.29) is 10.7 Å². The van der Waals surface area contributed by atoms with Crippen molar-refractivity contribution in [3.63, 3.8) is 0 Å². The Morgan fingerprint density at radius 3 is 2.46 bits per heavy atom. The minimum absolute atomic E-state index is 0.0279. The van der Waals surface area contributed by atoms with Gasteiger partial charge in [0.05, 0.1) is 11.3 Å². The van der Waals surface area contributed by atoms with E-state index in [1.54, 1.807) is 24.3 Å². The van der Waals surface area contributed by atoms with Gasteiger partial charge in [0.2, 0.25) is 15.2 Å². The number of nitrogens with zero attached hydrogens (tertiary/aromatic N) is 2. The Bertz CT molecular complexity index is 1000. The summed E-state index contributed by atoms with van der Waals surface area (Å²) in [5.41, 5.74) is -0.139. The zero-order valence-corrected chi connectivity index (χ0v) is 14.7. The first kappa shape index (κ1) is 18.3. The summed E-state index contributed by atoms with van der Waals surface area (Å²) in [6, 6.07) is 13.2. The SMILES string of the molecule is O=S(=O)(Cc1cccc(C(F)(F)F)c1)Nc1nc(-c2ccccc2)ns1. The second-order valence-electron chi connectivity index (χ2n) is 5.35.